The average molecular weight is 330 g/mol. The fourth-order valence-electron chi connectivity index (χ4n) is 1.70. The van der Waals surface area contributed by atoms with Crippen LogP contribution in [0.5, 0.6) is 0 Å². The van der Waals surface area contributed by atoms with E-state index >= 15 is 0 Å². The molecule has 1 aromatic carbocycles. The van der Waals surface area contributed by atoms with E-state index in [1.165, 1.54) is 30.6 Å². The predicted molar refractivity (Wildman–Crippen MR) is 80.6 cm³/mol. The fourth-order valence-corrected chi connectivity index (χ4v) is 3.06. The van der Waals surface area contributed by atoms with Crippen LogP contribution in [-0.2, 0) is 10.0 Å². The quantitative estimate of drug-likeness (QED) is 0.884. The molecule has 5 nitrogen and oxygen atoms in total. The molecule has 8 heteroatoms. The van der Waals surface area contributed by atoms with E-state index in [1.807, 2.05) is 6.92 Å². The summed E-state index contributed by atoms with van der Waals surface area (Å²) in [7, 11) is -3.96. The molecule has 0 bridgehead atoms. The minimum Gasteiger partial charge on any atom is -0.384 e. The molecule has 0 aliphatic rings. The molecule has 0 aliphatic carbocycles. The second kappa shape index (κ2) is 6.28. The molecule has 1 aromatic heterocycles. The van der Waals surface area contributed by atoms with E-state index in [4.69, 9.17) is 11.6 Å². The molecule has 2 rings (SSSR count). The highest BCUT2D eigenvalue weighted by Gasteiger charge is 2.20. The van der Waals surface area contributed by atoms with Gasteiger partial charge in [0.1, 0.15) is 10.7 Å². The number of hydrogen-bond donors (Lipinski definition) is 2. The lowest BCUT2D eigenvalue weighted by molar-refractivity contribution is 0.598. The van der Waals surface area contributed by atoms with Gasteiger partial charge in [0, 0.05) is 24.0 Å². The van der Waals surface area contributed by atoms with Crippen molar-refractivity contribution in [3.63, 3.8) is 0 Å². The first kappa shape index (κ1) is 15.5. The fraction of sp³-hybridized carbons (Fsp3) is 0.154. The third kappa shape index (κ3) is 3.62. The first-order valence-electron chi connectivity index (χ1n) is 6.10. The standard InChI is InChI=1S/C13H13ClFN3O2S/c1-2-17-12-5-6-16-8-13(12)21(19,20)18-11-4-3-9(14)7-10(11)15/h3-8,18H,2H2,1H3,(H,16,17). The van der Waals surface area contributed by atoms with Crippen molar-refractivity contribution in [2.24, 2.45) is 0 Å². The van der Waals surface area contributed by atoms with Crippen LogP contribution in [0, 0.1) is 5.82 Å². The zero-order valence-electron chi connectivity index (χ0n) is 11.1. The van der Waals surface area contributed by atoms with Gasteiger partial charge in [0.15, 0.2) is 0 Å². The molecule has 21 heavy (non-hydrogen) atoms. The molecule has 0 saturated carbocycles. The van der Waals surface area contributed by atoms with Crippen LogP contribution >= 0.6 is 11.6 Å². The number of anilines is 2. The van der Waals surface area contributed by atoms with E-state index in [0.717, 1.165) is 6.07 Å². The summed E-state index contributed by atoms with van der Waals surface area (Å²) in [6.45, 7) is 2.38. The maximum absolute atomic E-state index is 13.7. The summed E-state index contributed by atoms with van der Waals surface area (Å²) >= 11 is 5.63. The Balaban J connectivity index is 2.39. The Bertz CT molecular complexity index is 753. The van der Waals surface area contributed by atoms with Crippen LogP contribution in [-0.4, -0.2) is 19.9 Å². The third-order valence-corrected chi connectivity index (χ3v) is 4.24. The molecule has 0 amide bonds. The van der Waals surface area contributed by atoms with E-state index in [0.29, 0.717) is 12.2 Å². The van der Waals surface area contributed by atoms with E-state index in [1.54, 1.807) is 0 Å². The Hall–Kier alpha value is -1.86. The minimum atomic E-state index is -3.96. The first-order valence-corrected chi connectivity index (χ1v) is 7.96. The molecule has 2 aromatic rings. The largest absolute Gasteiger partial charge is 0.384 e. The van der Waals surface area contributed by atoms with Crippen molar-refractivity contribution in [2.75, 3.05) is 16.6 Å². The molecular formula is C13H13ClFN3O2S. The van der Waals surface area contributed by atoms with Crippen LogP contribution < -0.4 is 10.0 Å². The van der Waals surface area contributed by atoms with Crippen molar-refractivity contribution >= 4 is 33.0 Å². The lowest BCUT2D eigenvalue weighted by Gasteiger charge is -2.13. The van der Waals surface area contributed by atoms with E-state index in [2.05, 4.69) is 15.0 Å². The van der Waals surface area contributed by atoms with Crippen LogP contribution in [0.4, 0.5) is 15.8 Å². The average Bonchev–Trinajstić information content (AvgIpc) is 2.43. The lowest BCUT2D eigenvalue weighted by atomic mass is 10.3. The highest BCUT2D eigenvalue weighted by atomic mass is 35.5. The van der Waals surface area contributed by atoms with E-state index in [-0.39, 0.29) is 15.6 Å². The maximum Gasteiger partial charge on any atom is 0.265 e. The molecule has 0 spiro atoms. The summed E-state index contributed by atoms with van der Waals surface area (Å²) in [4.78, 5) is 3.74. The van der Waals surface area contributed by atoms with Gasteiger partial charge in [-0.05, 0) is 31.2 Å². The van der Waals surface area contributed by atoms with Gasteiger partial charge in [-0.15, -0.1) is 0 Å². The van der Waals surface area contributed by atoms with Gasteiger partial charge >= 0.3 is 0 Å². The Morgan fingerprint density at radius 2 is 2.05 bits per heavy atom. The molecule has 0 atom stereocenters. The van der Waals surface area contributed by atoms with E-state index < -0.39 is 15.8 Å². The number of rotatable bonds is 5. The molecular weight excluding hydrogens is 317 g/mol. The van der Waals surface area contributed by atoms with Crippen molar-refractivity contribution in [2.45, 2.75) is 11.8 Å². The maximum atomic E-state index is 13.7. The predicted octanol–water partition coefficient (Wildman–Crippen LogP) is 3.11. The minimum absolute atomic E-state index is 0.0544. The van der Waals surface area contributed by atoms with Crippen LogP contribution in [0.2, 0.25) is 5.02 Å². The van der Waals surface area contributed by atoms with Crippen LogP contribution in [0.1, 0.15) is 6.92 Å². The SMILES string of the molecule is CCNc1ccncc1S(=O)(=O)Nc1ccc(Cl)cc1F. The topological polar surface area (TPSA) is 71.1 Å². The van der Waals surface area contributed by atoms with E-state index in [9.17, 15) is 12.8 Å². The smallest absolute Gasteiger partial charge is 0.265 e. The van der Waals surface area contributed by atoms with Crippen molar-refractivity contribution in [3.8, 4) is 0 Å². The monoisotopic (exact) mass is 329 g/mol. The highest BCUT2D eigenvalue weighted by Crippen LogP contribution is 2.25. The zero-order valence-corrected chi connectivity index (χ0v) is 12.7. The molecule has 0 unspecified atom stereocenters. The lowest BCUT2D eigenvalue weighted by Crippen LogP contribution is -2.16. The molecule has 1 heterocycles. The number of pyridine rings is 1. The Morgan fingerprint density at radius 1 is 1.29 bits per heavy atom. The summed E-state index contributed by atoms with van der Waals surface area (Å²) in [5.41, 5.74) is 0.222. The number of aromatic nitrogens is 1. The van der Waals surface area contributed by atoms with Crippen molar-refractivity contribution in [3.05, 3.63) is 47.5 Å². The normalized spacial score (nSPS) is 11.2. The van der Waals surface area contributed by atoms with Gasteiger partial charge in [0.05, 0.1) is 11.4 Å². The summed E-state index contributed by atoms with van der Waals surface area (Å²) in [5.74, 6) is -0.750. The molecule has 0 saturated heterocycles. The van der Waals surface area contributed by atoms with Gasteiger partial charge in [-0.3, -0.25) is 9.71 Å². The van der Waals surface area contributed by atoms with Crippen LogP contribution in [0.3, 0.4) is 0 Å². The Kier molecular flexibility index (Phi) is 4.64. The summed E-state index contributed by atoms with van der Waals surface area (Å²) in [6.07, 6.45) is 2.67. The number of hydrogen-bond acceptors (Lipinski definition) is 4. The van der Waals surface area contributed by atoms with Crippen molar-refractivity contribution in [1.29, 1.82) is 0 Å². The van der Waals surface area contributed by atoms with Gasteiger partial charge in [-0.1, -0.05) is 11.6 Å². The number of nitrogens with zero attached hydrogens (tertiary/aromatic N) is 1. The van der Waals surface area contributed by atoms with Gasteiger partial charge in [0.25, 0.3) is 10.0 Å². The summed E-state index contributed by atoms with van der Waals surface area (Å²) in [6, 6.07) is 5.24. The first-order chi connectivity index (χ1) is 9.94. The van der Waals surface area contributed by atoms with Crippen molar-refractivity contribution < 1.29 is 12.8 Å². The number of halogens is 2. The van der Waals surface area contributed by atoms with Gasteiger partial charge in [-0.2, -0.15) is 0 Å². The number of benzene rings is 1. The number of nitrogens with one attached hydrogen (secondary N) is 2. The molecule has 0 fully saturated rings. The molecule has 112 valence electrons. The molecule has 2 N–H and O–H groups in total. The molecule has 0 aliphatic heterocycles. The summed E-state index contributed by atoms with van der Waals surface area (Å²) in [5, 5.41) is 3.10. The van der Waals surface area contributed by atoms with Gasteiger partial charge < -0.3 is 5.32 Å². The summed E-state index contributed by atoms with van der Waals surface area (Å²) < 4.78 is 40.6. The van der Waals surface area contributed by atoms with Crippen LogP contribution in [0.15, 0.2) is 41.6 Å². The van der Waals surface area contributed by atoms with Gasteiger partial charge in [-0.25, -0.2) is 12.8 Å². The van der Waals surface area contributed by atoms with Crippen molar-refractivity contribution in [1.82, 2.24) is 4.98 Å². The highest BCUT2D eigenvalue weighted by molar-refractivity contribution is 7.92. The number of sulfonamides is 1. The zero-order chi connectivity index (χ0) is 15.5. The Morgan fingerprint density at radius 3 is 2.71 bits per heavy atom. The van der Waals surface area contributed by atoms with Crippen LogP contribution in [0.25, 0.3) is 0 Å². The van der Waals surface area contributed by atoms with Gasteiger partial charge in [0.2, 0.25) is 0 Å². The second-order valence-electron chi connectivity index (χ2n) is 4.13. The second-order valence-corrected chi connectivity index (χ2v) is 6.22. The third-order valence-electron chi connectivity index (χ3n) is 2.62. The molecule has 0 radical (unpaired) electrons. The Labute approximate surface area is 127 Å².